The lowest BCUT2D eigenvalue weighted by molar-refractivity contribution is -0.0547. The molecule has 0 atom stereocenters. The van der Waals surface area contributed by atoms with Crippen molar-refractivity contribution in [3.8, 4) is 5.75 Å². The van der Waals surface area contributed by atoms with E-state index in [9.17, 15) is 21.6 Å². The summed E-state index contributed by atoms with van der Waals surface area (Å²) < 4.78 is 60.3. The molecule has 0 amide bonds. The fourth-order valence-corrected chi connectivity index (χ4v) is 2.26. The van der Waals surface area contributed by atoms with Crippen LogP contribution in [0.5, 0.6) is 5.75 Å². The summed E-state index contributed by atoms with van der Waals surface area (Å²) in [5.74, 6) is 0.336. The molecule has 0 saturated heterocycles. The van der Waals surface area contributed by atoms with Gasteiger partial charge in [0.25, 0.3) is 0 Å². The summed E-state index contributed by atoms with van der Waals surface area (Å²) in [6.45, 7) is -0.622. The Balaban J connectivity index is 0.000000272. The van der Waals surface area contributed by atoms with Gasteiger partial charge in [0.05, 0.1) is 6.61 Å². The van der Waals surface area contributed by atoms with Gasteiger partial charge in [0.1, 0.15) is 12.0 Å². The average molecular weight is 381 g/mol. The van der Waals surface area contributed by atoms with E-state index in [1.165, 1.54) is 28.8 Å². The number of phenolic OH excluding ortho intramolecular Hbond substituents is 1. The van der Waals surface area contributed by atoms with E-state index in [0.717, 1.165) is 0 Å². The molecule has 0 aromatic heterocycles. The third-order valence-corrected chi connectivity index (χ3v) is 4.42. The molecule has 0 bridgehead atoms. The van der Waals surface area contributed by atoms with Crippen LogP contribution in [0.2, 0.25) is 0 Å². The van der Waals surface area contributed by atoms with Gasteiger partial charge in [-0.25, -0.2) is 0 Å². The summed E-state index contributed by atoms with van der Waals surface area (Å²) in [4.78, 5) is 1.23. The second-order valence-electron chi connectivity index (χ2n) is 4.39. The Bertz CT molecular complexity index is 715. The Hall–Kier alpha value is -1.71. The van der Waals surface area contributed by atoms with Gasteiger partial charge in [0.2, 0.25) is 0 Å². The van der Waals surface area contributed by atoms with Crippen molar-refractivity contribution in [2.75, 3.05) is 6.26 Å². The molecule has 24 heavy (non-hydrogen) atoms. The van der Waals surface area contributed by atoms with E-state index in [2.05, 4.69) is 10.4 Å². The fourth-order valence-electron chi connectivity index (χ4n) is 1.39. The average Bonchev–Trinajstić information content (AvgIpc) is 2.54. The van der Waals surface area contributed by atoms with Gasteiger partial charge in [-0.2, -0.15) is 21.6 Å². The van der Waals surface area contributed by atoms with Gasteiger partial charge in [0.15, 0.2) is 4.90 Å². The molecule has 1 N–H and O–H groups in total. The molecule has 0 aliphatic heterocycles. The number of hydrogen-bond donors (Lipinski definition) is 1. The monoisotopic (exact) mass is 381 g/mol. The predicted octanol–water partition coefficient (Wildman–Crippen LogP) is 3.25. The molecule has 4 nitrogen and oxygen atoms in total. The molecule has 0 unspecified atom stereocenters. The predicted molar refractivity (Wildman–Crippen MR) is 87.3 cm³/mol. The summed E-state index contributed by atoms with van der Waals surface area (Å²) in [6, 6.07) is 14.9. The van der Waals surface area contributed by atoms with E-state index < -0.39 is 22.2 Å². The quantitative estimate of drug-likeness (QED) is 0.382. The van der Waals surface area contributed by atoms with E-state index in [4.69, 9.17) is 5.11 Å². The smallest absolute Gasteiger partial charge is 0.508 e. The lowest BCUT2D eigenvalue weighted by Crippen LogP contribution is -2.25. The van der Waals surface area contributed by atoms with Crippen LogP contribution in [0.25, 0.3) is 0 Å². The number of aromatic hydroxyl groups is 1. The van der Waals surface area contributed by atoms with Crippen molar-refractivity contribution in [2.45, 2.75) is 17.0 Å². The van der Waals surface area contributed by atoms with Crippen molar-refractivity contribution >= 4 is 21.9 Å². The highest BCUT2D eigenvalue weighted by Gasteiger charge is 2.47. The van der Waals surface area contributed by atoms with Gasteiger partial charge in [0, 0.05) is 11.8 Å². The molecule has 0 fully saturated rings. The first-order valence-corrected chi connectivity index (χ1v) is 9.29. The molecule has 0 aliphatic rings. The number of rotatable bonds is 4. The molecule has 0 aliphatic carbocycles. The number of phenols is 1. The largest absolute Gasteiger partial charge is 0.523 e. The zero-order valence-electron chi connectivity index (χ0n) is 12.6. The minimum atomic E-state index is -5.50. The summed E-state index contributed by atoms with van der Waals surface area (Å²) in [7, 11) is -5.50. The van der Waals surface area contributed by atoms with Gasteiger partial charge in [-0.15, -0.1) is 0 Å². The highest BCUT2D eigenvalue weighted by atomic mass is 32.2. The van der Waals surface area contributed by atoms with Gasteiger partial charge in [-0.05, 0) is 29.8 Å². The fraction of sp³-hybridized carbons (Fsp3) is 0.200. The molecule has 132 valence electrons. The topological polar surface area (TPSA) is 63.6 Å². The van der Waals surface area contributed by atoms with Crippen LogP contribution in [0.4, 0.5) is 13.2 Å². The third kappa shape index (κ3) is 6.81. The van der Waals surface area contributed by atoms with Gasteiger partial charge < -0.3 is 5.11 Å². The molecule has 0 spiro atoms. The highest BCUT2D eigenvalue weighted by molar-refractivity contribution is 7.87. The second kappa shape index (κ2) is 8.95. The van der Waals surface area contributed by atoms with Crippen LogP contribution in [0, 0.1) is 0 Å². The zero-order chi connectivity index (χ0) is 18.2. The summed E-state index contributed by atoms with van der Waals surface area (Å²) >= 11 is 1.24. The van der Waals surface area contributed by atoms with E-state index in [1.807, 2.05) is 12.1 Å². The molecule has 9 heteroatoms. The van der Waals surface area contributed by atoms with E-state index in [-0.39, 0.29) is 0 Å². The maximum absolute atomic E-state index is 11.8. The minimum absolute atomic E-state index is 0.336. The molecule has 0 saturated carbocycles. The van der Waals surface area contributed by atoms with Crippen molar-refractivity contribution in [2.24, 2.45) is 0 Å². The Morgan fingerprint density at radius 1 is 1.04 bits per heavy atom. The Kier molecular flexibility index (Phi) is 7.59. The van der Waals surface area contributed by atoms with Crippen molar-refractivity contribution in [3.05, 3.63) is 60.2 Å². The molecule has 2 aromatic carbocycles. The minimum Gasteiger partial charge on any atom is -0.508 e. The van der Waals surface area contributed by atoms with Crippen LogP contribution in [-0.2, 0) is 32.7 Å². The van der Waals surface area contributed by atoms with Gasteiger partial charge >= 0.3 is 15.6 Å². The lowest BCUT2D eigenvalue weighted by Gasteiger charge is -2.07. The zero-order valence-corrected chi connectivity index (χ0v) is 14.3. The normalized spacial score (nSPS) is 11.5. The van der Waals surface area contributed by atoms with Crippen LogP contribution < -0.4 is 0 Å². The van der Waals surface area contributed by atoms with Crippen LogP contribution in [0.3, 0.4) is 0 Å². The van der Waals surface area contributed by atoms with E-state index in [0.29, 0.717) is 11.3 Å². The van der Waals surface area contributed by atoms with E-state index >= 15 is 0 Å². The highest BCUT2D eigenvalue weighted by Crippen LogP contribution is 2.25. The standard InChI is InChI=1S/C8H7F3O3S.C7H8OS/c9-8(10,11)15(12,13)14-6-7-4-2-1-3-5-7;1-9-7-4-2-6(8)3-5-7/h1-5H,6H2;2-5,8H,1H3/p+1. The number of thiol groups is 1. The van der Waals surface area contributed by atoms with Crippen molar-refractivity contribution < 1.29 is 30.9 Å². The Labute approximate surface area is 142 Å². The summed E-state index contributed by atoms with van der Waals surface area (Å²) in [6.07, 6.45) is 2.06. The Morgan fingerprint density at radius 2 is 1.58 bits per heavy atom. The summed E-state index contributed by atoms with van der Waals surface area (Å²) in [5, 5.41) is 8.85. The van der Waals surface area contributed by atoms with Crippen LogP contribution >= 0.6 is 0 Å². The van der Waals surface area contributed by atoms with Crippen molar-refractivity contribution in [3.63, 3.8) is 0 Å². The van der Waals surface area contributed by atoms with Crippen LogP contribution in [0.1, 0.15) is 5.56 Å². The van der Waals surface area contributed by atoms with Crippen LogP contribution in [-0.4, -0.2) is 25.3 Å². The molecule has 0 radical (unpaired) electrons. The number of halogens is 3. The van der Waals surface area contributed by atoms with Gasteiger partial charge in [-0.3, -0.25) is 4.18 Å². The first kappa shape index (κ1) is 20.3. The second-order valence-corrected chi connectivity index (χ2v) is 6.96. The van der Waals surface area contributed by atoms with Crippen LogP contribution in [0.15, 0.2) is 59.5 Å². The number of alkyl halides is 3. The molecular formula is C15H16F3O4S2+. The summed E-state index contributed by atoms with van der Waals surface area (Å²) in [5.41, 5.74) is -5.02. The maximum atomic E-state index is 11.8. The molecular weight excluding hydrogens is 365 g/mol. The van der Waals surface area contributed by atoms with Crippen molar-refractivity contribution in [1.82, 2.24) is 0 Å². The first-order valence-electron chi connectivity index (χ1n) is 6.54. The number of hydrogen-bond acceptors (Lipinski definition) is 4. The molecule has 2 aromatic rings. The van der Waals surface area contributed by atoms with E-state index in [1.54, 1.807) is 30.3 Å². The van der Waals surface area contributed by atoms with Crippen molar-refractivity contribution in [1.29, 1.82) is 0 Å². The first-order chi connectivity index (χ1) is 11.2. The third-order valence-electron chi connectivity index (χ3n) is 2.61. The van der Waals surface area contributed by atoms with Gasteiger partial charge in [-0.1, -0.05) is 30.3 Å². The lowest BCUT2D eigenvalue weighted by atomic mass is 10.2. The molecule has 2 rings (SSSR count). The molecule has 0 heterocycles. The number of benzene rings is 2. The maximum Gasteiger partial charge on any atom is 0.523 e. The SMILES string of the molecule is C[SH+]c1ccc(O)cc1.O=S(=O)(OCc1ccccc1)C(F)(F)F. The Morgan fingerprint density at radius 3 is 2.04 bits per heavy atom.